The molecule has 0 aliphatic heterocycles. The molecule has 0 unspecified atom stereocenters. The monoisotopic (exact) mass is 1620 g/mol. The first-order chi connectivity index (χ1) is 50.6. The van der Waals surface area contributed by atoms with E-state index >= 15 is 0 Å². The van der Waals surface area contributed by atoms with Crippen molar-refractivity contribution in [1.29, 1.82) is 0 Å². The number of ether oxygens (including phenoxy) is 5. The number of allylic oxidation sites excluding steroid dienone is 1. The molecule has 5 N–H and O–H groups in total. The van der Waals surface area contributed by atoms with Gasteiger partial charge >= 0.3 is 0 Å². The molecule has 4 aromatic heterocycles. The highest BCUT2D eigenvalue weighted by Gasteiger charge is 2.22. The Morgan fingerprint density at radius 1 is 0.415 bits per heavy atom. The molecule has 0 saturated heterocycles. The molecule has 19 nitrogen and oxygen atoms in total. The lowest BCUT2D eigenvalue weighted by molar-refractivity contribution is 0.100. The lowest BCUT2D eigenvalue weighted by Crippen LogP contribution is -2.03. The van der Waals surface area contributed by atoms with Crippen LogP contribution in [0.3, 0.4) is 0 Å². The number of ketones is 2. The zero-order valence-electron chi connectivity index (χ0n) is 58.9. The minimum atomic E-state index is -0.538. The van der Waals surface area contributed by atoms with Crippen molar-refractivity contribution in [2.75, 3.05) is 35.5 Å². The Morgan fingerprint density at radius 2 is 0.736 bits per heavy atom. The van der Waals surface area contributed by atoms with Gasteiger partial charge in [0.05, 0.1) is 35.5 Å². The Labute approximate surface area is 632 Å². The van der Waals surface area contributed by atoms with Crippen molar-refractivity contribution in [3.8, 4) is 103 Å². The molecule has 0 saturated carbocycles. The van der Waals surface area contributed by atoms with E-state index in [-0.39, 0.29) is 101 Å². The van der Waals surface area contributed by atoms with Crippen molar-refractivity contribution in [2.45, 2.75) is 41.5 Å². The van der Waals surface area contributed by atoms with Crippen LogP contribution in [-0.2, 0) is 0 Å². The van der Waals surface area contributed by atoms with Gasteiger partial charge in [-0.15, -0.1) is 0 Å². The zero-order chi connectivity index (χ0) is 77.0. The average molecular weight is 1630 g/mol. The van der Waals surface area contributed by atoms with E-state index in [1.807, 2.05) is 98.8 Å². The summed E-state index contributed by atoms with van der Waals surface area (Å²) in [4.78, 5) is 64.5. The van der Waals surface area contributed by atoms with Crippen LogP contribution in [0.4, 0.5) is 4.39 Å². The SMILES string of the molecule is COc1cc(C)c(O)c2oc(-c3ccc(-c4ccc(F)nc4)cc3)cc(=O)c12.COc1cc(C)c(O)c2oc(-c3ccc(Br)cc3)cc(=O)c12.COc1cc(C)c(O)c2oc(-c3ccc(Br)cc3)cc(=O)c12.COc1cc(C)cc(O)c1C(=O)/C=C/c1ccc(Br)cc1.COc1cc(C)cc(O)c1C(C)=O. The number of rotatable bonds is 13. The average Bonchev–Trinajstić information content (AvgIpc) is 0.776. The molecule has 0 spiro atoms. The van der Waals surface area contributed by atoms with E-state index in [0.717, 1.165) is 52.4 Å². The molecule has 0 bridgehead atoms. The van der Waals surface area contributed by atoms with Gasteiger partial charge < -0.3 is 62.5 Å². The van der Waals surface area contributed by atoms with E-state index in [2.05, 4.69) is 52.8 Å². The van der Waals surface area contributed by atoms with Crippen LogP contribution in [0.5, 0.6) is 57.5 Å². The number of aromatic hydroxyl groups is 5. The Hall–Kier alpha value is -11.8. The van der Waals surface area contributed by atoms with Crippen molar-refractivity contribution >= 4 is 98.3 Å². The van der Waals surface area contributed by atoms with Crippen LogP contribution in [0.15, 0.2) is 223 Å². The number of hydrogen-bond acceptors (Lipinski definition) is 19. The molecule has 0 radical (unpaired) electrons. The highest BCUT2D eigenvalue weighted by molar-refractivity contribution is 9.11. The van der Waals surface area contributed by atoms with Gasteiger partial charge in [-0.2, -0.15) is 4.39 Å². The Bertz CT molecular complexity index is 5510. The van der Waals surface area contributed by atoms with Crippen LogP contribution >= 0.6 is 47.8 Å². The largest absolute Gasteiger partial charge is 0.507 e. The number of hydrogen-bond donors (Lipinski definition) is 5. The summed E-state index contributed by atoms with van der Waals surface area (Å²) in [5.41, 5.74) is 8.06. The van der Waals surface area contributed by atoms with Gasteiger partial charge in [-0.25, -0.2) is 4.98 Å². The smallest absolute Gasteiger partial charge is 0.212 e. The second-order valence-electron chi connectivity index (χ2n) is 23.8. The molecule has 0 aliphatic carbocycles. The maximum absolute atomic E-state index is 13.0. The predicted molar refractivity (Wildman–Crippen MR) is 418 cm³/mol. The summed E-state index contributed by atoms with van der Waals surface area (Å²) in [5.74, 6) is 1.72. The van der Waals surface area contributed by atoms with Gasteiger partial charge in [0, 0.05) is 60.1 Å². The molecule has 0 fully saturated rings. The normalized spacial score (nSPS) is 10.7. The first-order valence-corrected chi connectivity index (χ1v) is 34.5. The zero-order valence-corrected chi connectivity index (χ0v) is 63.7. The van der Waals surface area contributed by atoms with Gasteiger partial charge in [0.15, 0.2) is 61.9 Å². The molecular weight excluding hydrogens is 1560 g/mol. The standard InChI is InChI=1S/C22H16FNO4.2C17H13BrO4.C17H15BrO3.C10H12O3/c1-12-9-18(27-2)20-16(25)10-17(28-22(20)21(12)26)14-5-3-13(4-6-14)15-7-8-19(23)24-11-15;2*1-9-7-14(21-2)15-12(19)8-13(22-17(15)16(9)20)10-3-5-11(18)6-4-10;1-11-9-15(20)17(16(10-11)21-2)14(19)8-5-12-3-6-13(18)7-4-12;1-6-4-8(12)10(7(2)11)9(5-6)13-3/h3-11,26H,1-2H3;2*3-8,20H,1-2H3;3-10,20H,1-2H3;4-5,12H,1-3H3/b;;;8-5+;. The van der Waals surface area contributed by atoms with E-state index in [1.165, 1.54) is 79.0 Å². The number of Topliss-reactive ketones (excluding diaryl/α,β-unsaturated/α-hetero) is 1. The van der Waals surface area contributed by atoms with Crippen LogP contribution in [0.1, 0.15) is 61.0 Å². The summed E-state index contributed by atoms with van der Waals surface area (Å²) in [6, 6.07) is 48.0. The minimum absolute atomic E-state index is 0.0237. The van der Waals surface area contributed by atoms with Gasteiger partial charge in [0.25, 0.3) is 0 Å². The quantitative estimate of drug-likeness (QED) is 0.0407. The highest BCUT2D eigenvalue weighted by atomic mass is 79.9. The summed E-state index contributed by atoms with van der Waals surface area (Å²) < 4.78 is 59.1. The number of aryl methyl sites for hydroxylation is 5. The number of phenolic OH excluding ortho intramolecular Hbond substituents is 5. The van der Waals surface area contributed by atoms with Gasteiger partial charge in [-0.05, 0) is 178 Å². The van der Waals surface area contributed by atoms with Gasteiger partial charge in [-0.3, -0.25) is 24.0 Å². The fraction of sp³-hybridized carbons (Fsp3) is 0.133. The fourth-order valence-corrected chi connectivity index (χ4v) is 11.8. The molecule has 106 heavy (non-hydrogen) atoms. The maximum atomic E-state index is 13.0. The predicted octanol–water partition coefficient (Wildman–Crippen LogP) is 19.5. The van der Waals surface area contributed by atoms with E-state index in [4.69, 9.17) is 36.9 Å². The minimum Gasteiger partial charge on any atom is -0.507 e. The summed E-state index contributed by atoms with van der Waals surface area (Å²) in [5, 5.41) is 50.9. The molecule has 13 aromatic rings. The Morgan fingerprint density at radius 3 is 1.08 bits per heavy atom. The molecule has 0 atom stereocenters. The Balaban J connectivity index is 0.000000156. The van der Waals surface area contributed by atoms with Crippen LogP contribution in [0.25, 0.3) is 84.1 Å². The molecule has 0 amide bonds. The van der Waals surface area contributed by atoms with E-state index < -0.39 is 5.95 Å². The van der Waals surface area contributed by atoms with Gasteiger partial charge in [0.1, 0.15) is 84.8 Å². The molecular formula is C83H69Br3FNO18. The molecule has 4 heterocycles. The number of fused-ring (bicyclic) bond motifs is 3. The van der Waals surface area contributed by atoms with E-state index in [0.29, 0.717) is 68.3 Å². The first-order valence-electron chi connectivity index (χ1n) is 32.1. The fourth-order valence-electron chi connectivity index (χ4n) is 11.0. The lowest BCUT2D eigenvalue weighted by Gasteiger charge is -2.10. The van der Waals surface area contributed by atoms with Crippen molar-refractivity contribution in [1.82, 2.24) is 4.98 Å². The van der Waals surface area contributed by atoms with E-state index in [1.54, 1.807) is 87.5 Å². The second-order valence-corrected chi connectivity index (χ2v) is 26.5. The third-order valence-electron chi connectivity index (χ3n) is 16.3. The highest BCUT2D eigenvalue weighted by Crippen LogP contribution is 2.40. The second kappa shape index (κ2) is 34.7. The molecule has 0 aliphatic rings. The van der Waals surface area contributed by atoms with Gasteiger partial charge in [0.2, 0.25) is 5.95 Å². The summed E-state index contributed by atoms with van der Waals surface area (Å²) in [6.07, 6.45) is 4.58. The molecule has 13 rings (SSSR count). The van der Waals surface area contributed by atoms with Crippen molar-refractivity contribution in [3.63, 3.8) is 0 Å². The topological polar surface area (TPSA) is 285 Å². The number of halogens is 4. The number of methoxy groups -OCH3 is 5. The van der Waals surface area contributed by atoms with Gasteiger partial charge in [-0.1, -0.05) is 115 Å². The van der Waals surface area contributed by atoms with Crippen LogP contribution in [-0.4, -0.2) is 77.6 Å². The molecule has 542 valence electrons. The van der Waals surface area contributed by atoms with Crippen molar-refractivity contribution in [3.05, 3.63) is 277 Å². The number of benzene rings is 9. The first kappa shape index (κ1) is 78.3. The number of carbonyl (C=O) groups excluding carboxylic acids is 2. The van der Waals surface area contributed by atoms with Crippen LogP contribution in [0, 0.1) is 40.6 Å². The summed E-state index contributed by atoms with van der Waals surface area (Å²) >= 11 is 10.1. The number of carbonyl (C=O) groups is 2. The molecule has 9 aromatic carbocycles. The lowest BCUT2D eigenvalue weighted by atomic mass is 10.0. The number of phenols is 5. The third kappa shape index (κ3) is 18.2. The van der Waals surface area contributed by atoms with Crippen molar-refractivity contribution in [2.24, 2.45) is 0 Å². The number of nitrogens with zero attached hydrogens (tertiary/aromatic N) is 1. The van der Waals surface area contributed by atoms with Crippen LogP contribution in [0.2, 0.25) is 0 Å². The maximum Gasteiger partial charge on any atom is 0.212 e. The number of aromatic nitrogens is 1. The van der Waals surface area contributed by atoms with E-state index in [9.17, 15) is 53.9 Å². The molecule has 23 heteroatoms. The third-order valence-corrected chi connectivity index (χ3v) is 17.9. The summed E-state index contributed by atoms with van der Waals surface area (Å²) in [7, 11) is 7.37. The summed E-state index contributed by atoms with van der Waals surface area (Å²) in [6.45, 7) is 10.2. The van der Waals surface area contributed by atoms with Crippen LogP contribution < -0.4 is 40.0 Å². The van der Waals surface area contributed by atoms with Crippen molar-refractivity contribution < 1.29 is 76.4 Å². The Kier molecular flexibility index (Phi) is 25.6. The number of pyridine rings is 1.